The number of hydrogen-bond acceptors (Lipinski definition) is 7. The van der Waals surface area contributed by atoms with Gasteiger partial charge in [0.1, 0.15) is 5.69 Å². The first-order valence-electron chi connectivity index (χ1n) is 8.35. The number of carbonyl (C=O) groups is 2. The van der Waals surface area contributed by atoms with Gasteiger partial charge in [0.2, 0.25) is 0 Å². The molecule has 0 aliphatic heterocycles. The molecule has 0 fully saturated rings. The molecule has 0 saturated heterocycles. The van der Waals surface area contributed by atoms with Crippen molar-refractivity contribution in [3.63, 3.8) is 0 Å². The molecule has 2 rings (SSSR count). The molecule has 2 aromatic rings. The lowest BCUT2D eigenvalue weighted by atomic mass is 10.1. The van der Waals surface area contributed by atoms with Crippen LogP contribution in [-0.2, 0) is 31.3 Å². The minimum absolute atomic E-state index is 0.0190. The number of sulfone groups is 1. The van der Waals surface area contributed by atoms with Crippen molar-refractivity contribution in [3.8, 4) is 0 Å². The summed E-state index contributed by atoms with van der Waals surface area (Å²) in [4.78, 5) is 33.8. The number of benzene rings is 2. The van der Waals surface area contributed by atoms with Gasteiger partial charge < -0.3 is 10.1 Å². The van der Waals surface area contributed by atoms with E-state index in [1.165, 1.54) is 24.3 Å². The maximum Gasteiger partial charge on any atom is 0.416 e. The number of rotatable bonds is 7. The molecule has 0 saturated carbocycles. The summed E-state index contributed by atoms with van der Waals surface area (Å²) in [5.74, 6) is -2.16. The number of hydrogen-bond donors (Lipinski definition) is 1. The Morgan fingerprint density at radius 3 is 2.26 bits per heavy atom. The van der Waals surface area contributed by atoms with Crippen molar-refractivity contribution in [2.75, 3.05) is 18.2 Å². The smallest absolute Gasteiger partial charge is 0.416 e. The predicted molar refractivity (Wildman–Crippen MR) is 102 cm³/mol. The van der Waals surface area contributed by atoms with Crippen molar-refractivity contribution in [2.45, 2.75) is 11.9 Å². The normalized spacial score (nSPS) is 11.6. The predicted octanol–water partition coefficient (Wildman–Crippen LogP) is 2.95. The van der Waals surface area contributed by atoms with Crippen LogP contribution >= 0.6 is 0 Å². The third kappa shape index (κ3) is 7.06. The number of anilines is 1. The number of amides is 1. The third-order valence-corrected chi connectivity index (χ3v) is 4.61. The van der Waals surface area contributed by atoms with Gasteiger partial charge in [0, 0.05) is 12.3 Å². The maximum absolute atomic E-state index is 12.7. The first kappa shape index (κ1) is 23.8. The first-order chi connectivity index (χ1) is 14.3. The van der Waals surface area contributed by atoms with Gasteiger partial charge in [-0.25, -0.2) is 13.2 Å². The molecule has 0 aliphatic rings. The zero-order valence-electron chi connectivity index (χ0n) is 15.8. The van der Waals surface area contributed by atoms with Gasteiger partial charge in [-0.15, -0.1) is 0 Å². The van der Waals surface area contributed by atoms with Crippen LogP contribution in [0.3, 0.4) is 0 Å². The van der Waals surface area contributed by atoms with Gasteiger partial charge in [-0.05, 0) is 29.8 Å². The molecule has 0 aromatic heterocycles. The molecule has 0 radical (unpaired) electrons. The quantitative estimate of drug-likeness (QED) is 0.382. The highest BCUT2D eigenvalue weighted by Crippen LogP contribution is 2.34. The molecule has 31 heavy (non-hydrogen) atoms. The number of nitro groups is 1. The number of nitrogens with one attached hydrogen (secondary N) is 1. The van der Waals surface area contributed by atoms with E-state index >= 15 is 0 Å². The molecular weight excluding hydrogens is 445 g/mol. The van der Waals surface area contributed by atoms with E-state index in [4.69, 9.17) is 4.74 Å². The van der Waals surface area contributed by atoms with Crippen molar-refractivity contribution in [1.82, 2.24) is 0 Å². The molecule has 0 bridgehead atoms. The third-order valence-electron chi connectivity index (χ3n) is 3.75. The average Bonchev–Trinajstić information content (AvgIpc) is 2.64. The van der Waals surface area contributed by atoms with Crippen molar-refractivity contribution in [1.29, 1.82) is 0 Å². The van der Waals surface area contributed by atoms with E-state index in [2.05, 4.69) is 0 Å². The fourth-order valence-corrected chi connectivity index (χ4v) is 3.20. The van der Waals surface area contributed by atoms with Gasteiger partial charge in [0.25, 0.3) is 11.6 Å². The standard InChI is InChI=1S/C18H15F3N2O7S/c1-31(28,29)10-11-2-4-12(5-3-11)17(25)30-9-16(24)22-14-7-6-13(18(19,20)21)8-15(14)23(26)27/h2-8H,9-10H2,1H3,(H,22,24). The number of nitrogens with zero attached hydrogens (tertiary/aromatic N) is 1. The summed E-state index contributed by atoms with van der Waals surface area (Å²) in [6.45, 7) is -0.859. The first-order valence-corrected chi connectivity index (χ1v) is 10.4. The highest BCUT2D eigenvalue weighted by molar-refractivity contribution is 7.89. The molecule has 9 nitrogen and oxygen atoms in total. The number of halogens is 3. The summed E-state index contributed by atoms with van der Waals surface area (Å²) < 4.78 is 65.4. The van der Waals surface area contributed by atoms with Crippen LogP contribution in [0.5, 0.6) is 0 Å². The molecule has 1 N–H and O–H groups in total. The lowest BCUT2D eigenvalue weighted by Gasteiger charge is -2.10. The molecular formula is C18H15F3N2O7S. The molecule has 13 heteroatoms. The van der Waals surface area contributed by atoms with Crippen LogP contribution in [0, 0.1) is 10.1 Å². The molecule has 1 amide bonds. The van der Waals surface area contributed by atoms with E-state index in [0.717, 1.165) is 12.3 Å². The summed E-state index contributed by atoms with van der Waals surface area (Å²) in [6, 6.07) is 6.93. The summed E-state index contributed by atoms with van der Waals surface area (Å²) in [7, 11) is -3.26. The second-order valence-electron chi connectivity index (χ2n) is 6.38. The molecule has 0 atom stereocenters. The van der Waals surface area contributed by atoms with Gasteiger partial charge in [-0.3, -0.25) is 14.9 Å². The van der Waals surface area contributed by atoms with E-state index in [1.807, 2.05) is 5.32 Å². The van der Waals surface area contributed by atoms with Crippen molar-refractivity contribution < 1.29 is 40.8 Å². The van der Waals surface area contributed by atoms with E-state index in [1.54, 1.807) is 0 Å². The fraction of sp³-hybridized carbons (Fsp3) is 0.222. The zero-order valence-corrected chi connectivity index (χ0v) is 16.6. The van der Waals surface area contributed by atoms with Crippen LogP contribution in [-0.4, -0.2) is 38.1 Å². The van der Waals surface area contributed by atoms with Crippen LogP contribution in [0.1, 0.15) is 21.5 Å². The Kier molecular flexibility index (Phi) is 7.00. The molecule has 0 unspecified atom stereocenters. The number of ether oxygens (including phenoxy) is 1. The molecule has 166 valence electrons. The molecule has 2 aromatic carbocycles. The zero-order chi connectivity index (χ0) is 23.4. The second kappa shape index (κ2) is 9.12. The van der Waals surface area contributed by atoms with Crippen molar-refractivity contribution in [2.24, 2.45) is 0 Å². The SMILES string of the molecule is CS(=O)(=O)Cc1ccc(C(=O)OCC(=O)Nc2ccc(C(F)(F)F)cc2[N+](=O)[O-])cc1. The molecule has 0 spiro atoms. The number of esters is 1. The lowest BCUT2D eigenvalue weighted by Crippen LogP contribution is -2.21. The van der Waals surface area contributed by atoms with E-state index in [-0.39, 0.29) is 17.4 Å². The highest BCUT2D eigenvalue weighted by atomic mass is 32.2. The van der Waals surface area contributed by atoms with Gasteiger partial charge in [0.15, 0.2) is 16.4 Å². The Labute approximate surface area is 173 Å². The van der Waals surface area contributed by atoms with Crippen molar-refractivity contribution in [3.05, 3.63) is 69.3 Å². The fourth-order valence-electron chi connectivity index (χ4n) is 2.41. The topological polar surface area (TPSA) is 133 Å². The van der Waals surface area contributed by atoms with Crippen LogP contribution < -0.4 is 5.32 Å². The second-order valence-corrected chi connectivity index (χ2v) is 8.52. The Bertz CT molecular complexity index is 1110. The number of alkyl halides is 3. The minimum Gasteiger partial charge on any atom is -0.452 e. The van der Waals surface area contributed by atoms with Crippen molar-refractivity contribution >= 4 is 33.1 Å². The van der Waals surface area contributed by atoms with E-state index in [0.29, 0.717) is 11.6 Å². The van der Waals surface area contributed by atoms with Crippen LogP contribution in [0.2, 0.25) is 0 Å². The van der Waals surface area contributed by atoms with Crippen LogP contribution in [0.4, 0.5) is 24.5 Å². The molecule has 0 aliphatic carbocycles. The van der Waals surface area contributed by atoms with Gasteiger partial charge in [-0.1, -0.05) is 12.1 Å². The number of nitro benzene ring substituents is 1. The maximum atomic E-state index is 12.7. The summed E-state index contributed by atoms with van der Waals surface area (Å²) in [5.41, 5.74) is -2.28. The van der Waals surface area contributed by atoms with Gasteiger partial charge >= 0.3 is 12.1 Å². The number of carbonyl (C=O) groups excluding carboxylic acids is 2. The minimum atomic E-state index is -4.81. The van der Waals surface area contributed by atoms with Crippen LogP contribution in [0.25, 0.3) is 0 Å². The van der Waals surface area contributed by atoms with Gasteiger partial charge in [0.05, 0.1) is 21.8 Å². The van der Waals surface area contributed by atoms with E-state index in [9.17, 15) is 41.3 Å². The Morgan fingerprint density at radius 2 is 1.74 bits per heavy atom. The average molecular weight is 460 g/mol. The molecule has 0 heterocycles. The van der Waals surface area contributed by atoms with Crippen LogP contribution in [0.15, 0.2) is 42.5 Å². The summed E-state index contributed by atoms with van der Waals surface area (Å²) in [5, 5.41) is 13.0. The Morgan fingerprint density at radius 1 is 1.13 bits per heavy atom. The largest absolute Gasteiger partial charge is 0.452 e. The van der Waals surface area contributed by atoms with E-state index < -0.39 is 56.4 Å². The monoisotopic (exact) mass is 460 g/mol. The summed E-state index contributed by atoms with van der Waals surface area (Å²) in [6.07, 6.45) is -3.76. The van der Waals surface area contributed by atoms with Gasteiger partial charge in [-0.2, -0.15) is 13.2 Å². The lowest BCUT2D eigenvalue weighted by molar-refractivity contribution is -0.384. The summed E-state index contributed by atoms with van der Waals surface area (Å²) >= 11 is 0. The Hall–Kier alpha value is -3.48. The Balaban J connectivity index is 2.02. The highest BCUT2D eigenvalue weighted by Gasteiger charge is 2.33.